The normalized spacial score (nSPS) is 14.6. The molecule has 0 radical (unpaired) electrons. The lowest BCUT2D eigenvalue weighted by Crippen LogP contribution is -2.43. The second kappa shape index (κ2) is 7.19. The van der Waals surface area contributed by atoms with Gasteiger partial charge in [-0.1, -0.05) is 0 Å². The maximum absolute atomic E-state index is 11.4. The summed E-state index contributed by atoms with van der Waals surface area (Å²) in [5.41, 5.74) is 1.89. The number of nitrogens with one attached hydrogen (secondary N) is 1. The van der Waals surface area contributed by atoms with Crippen molar-refractivity contribution in [2.45, 2.75) is 0 Å². The van der Waals surface area contributed by atoms with Crippen LogP contribution < -0.4 is 15.0 Å². The average molecular weight is 316 g/mol. The highest BCUT2D eigenvalue weighted by Gasteiger charge is 2.16. The van der Waals surface area contributed by atoms with Gasteiger partial charge in [0.15, 0.2) is 6.61 Å². The summed E-state index contributed by atoms with van der Waals surface area (Å²) >= 11 is 0. The van der Waals surface area contributed by atoms with Crippen LogP contribution in [0.4, 0.5) is 5.69 Å². The summed E-state index contributed by atoms with van der Waals surface area (Å²) in [6.45, 7) is 3.67. The molecule has 1 N–H and O–H groups in total. The molecule has 122 valence electrons. The summed E-state index contributed by atoms with van der Waals surface area (Å²) < 4.78 is 15.8. The van der Waals surface area contributed by atoms with Gasteiger partial charge in [0.25, 0.3) is 0 Å². The third-order valence-corrected chi connectivity index (χ3v) is 3.81. The van der Waals surface area contributed by atoms with Crippen molar-refractivity contribution in [1.29, 1.82) is 0 Å². The molecule has 3 rings (SSSR count). The van der Waals surface area contributed by atoms with Crippen molar-refractivity contribution in [3.8, 4) is 17.1 Å². The van der Waals surface area contributed by atoms with Crippen LogP contribution in [0.15, 0.2) is 41.0 Å². The molecule has 0 saturated carbocycles. The van der Waals surface area contributed by atoms with Gasteiger partial charge in [-0.2, -0.15) is 0 Å². The van der Waals surface area contributed by atoms with E-state index < -0.39 is 5.97 Å². The predicted molar refractivity (Wildman–Crippen MR) is 86.7 cm³/mol. The van der Waals surface area contributed by atoms with Crippen molar-refractivity contribution in [3.63, 3.8) is 0 Å². The summed E-state index contributed by atoms with van der Waals surface area (Å²) in [7, 11) is 1.34. The van der Waals surface area contributed by atoms with Crippen LogP contribution in [0.1, 0.15) is 0 Å². The first-order valence-corrected chi connectivity index (χ1v) is 7.61. The van der Waals surface area contributed by atoms with Gasteiger partial charge in [0, 0.05) is 37.9 Å². The molecule has 0 unspecified atom stereocenters. The number of rotatable bonds is 5. The molecule has 1 fully saturated rings. The minimum Gasteiger partial charge on any atom is -0.481 e. The number of piperazine rings is 1. The minimum absolute atomic E-state index is 0.130. The molecule has 2 aromatic rings. The van der Waals surface area contributed by atoms with Crippen LogP contribution in [0.5, 0.6) is 5.75 Å². The van der Waals surface area contributed by atoms with Gasteiger partial charge in [0.05, 0.1) is 18.9 Å². The molecule has 1 aromatic heterocycles. The van der Waals surface area contributed by atoms with Crippen LogP contribution in [0.25, 0.3) is 11.3 Å². The van der Waals surface area contributed by atoms with Crippen molar-refractivity contribution in [2.24, 2.45) is 0 Å². The Balaban J connectivity index is 1.88. The lowest BCUT2D eigenvalue weighted by atomic mass is 10.1. The van der Waals surface area contributed by atoms with Crippen LogP contribution >= 0.6 is 0 Å². The van der Waals surface area contributed by atoms with Crippen LogP contribution in [-0.2, 0) is 9.53 Å². The lowest BCUT2D eigenvalue weighted by Gasteiger charge is -2.30. The van der Waals surface area contributed by atoms with E-state index in [1.807, 2.05) is 30.3 Å². The van der Waals surface area contributed by atoms with E-state index >= 15 is 0 Å². The molecule has 1 aromatic carbocycles. The Morgan fingerprint density at radius 3 is 2.83 bits per heavy atom. The number of carbonyl (C=O) groups is 1. The number of ether oxygens (including phenoxy) is 2. The molecule has 0 spiro atoms. The topological polar surface area (TPSA) is 63.9 Å². The number of esters is 1. The van der Waals surface area contributed by atoms with Crippen LogP contribution in [0.3, 0.4) is 0 Å². The van der Waals surface area contributed by atoms with Gasteiger partial charge in [0.1, 0.15) is 11.5 Å². The smallest absolute Gasteiger partial charge is 0.343 e. The van der Waals surface area contributed by atoms with Gasteiger partial charge in [-0.3, -0.25) is 0 Å². The van der Waals surface area contributed by atoms with Crippen molar-refractivity contribution >= 4 is 11.7 Å². The third kappa shape index (κ3) is 3.65. The molecular weight excluding hydrogens is 296 g/mol. The number of hydrogen-bond donors (Lipinski definition) is 1. The zero-order valence-corrected chi connectivity index (χ0v) is 13.1. The van der Waals surface area contributed by atoms with Gasteiger partial charge in [-0.15, -0.1) is 0 Å². The molecule has 0 bridgehead atoms. The van der Waals surface area contributed by atoms with Crippen molar-refractivity contribution in [3.05, 3.63) is 36.6 Å². The van der Waals surface area contributed by atoms with E-state index in [2.05, 4.69) is 15.0 Å². The standard InChI is InChI=1S/C17H20N2O4/c1-21-17(20)12-23-16-11-13(19-8-6-18-7-9-19)4-5-14(16)15-3-2-10-22-15/h2-5,10-11,18H,6-9,12H2,1H3. The summed E-state index contributed by atoms with van der Waals surface area (Å²) in [5.74, 6) is 0.904. The molecule has 23 heavy (non-hydrogen) atoms. The molecule has 0 amide bonds. The fraction of sp³-hybridized carbons (Fsp3) is 0.353. The van der Waals surface area contributed by atoms with E-state index in [9.17, 15) is 4.79 Å². The molecule has 0 atom stereocenters. The SMILES string of the molecule is COC(=O)COc1cc(N2CCNCC2)ccc1-c1ccco1. The van der Waals surface area contributed by atoms with Crippen LogP contribution in [0, 0.1) is 0 Å². The highest BCUT2D eigenvalue weighted by Crippen LogP contribution is 2.34. The quantitative estimate of drug-likeness (QED) is 0.850. The minimum atomic E-state index is -0.414. The summed E-state index contributed by atoms with van der Waals surface area (Å²) in [4.78, 5) is 13.7. The second-order valence-electron chi connectivity index (χ2n) is 5.26. The number of nitrogens with zero attached hydrogens (tertiary/aromatic N) is 1. The maximum Gasteiger partial charge on any atom is 0.343 e. The van der Waals surface area contributed by atoms with Crippen LogP contribution in [0.2, 0.25) is 0 Å². The maximum atomic E-state index is 11.4. The Morgan fingerprint density at radius 1 is 1.30 bits per heavy atom. The first-order valence-electron chi connectivity index (χ1n) is 7.61. The Labute approximate surface area is 135 Å². The molecule has 1 aliphatic rings. The molecular formula is C17H20N2O4. The summed E-state index contributed by atoms with van der Waals surface area (Å²) in [6, 6.07) is 9.65. The van der Waals surface area contributed by atoms with Crippen molar-refractivity contribution < 1.29 is 18.7 Å². The monoisotopic (exact) mass is 316 g/mol. The molecule has 2 heterocycles. The van der Waals surface area contributed by atoms with Gasteiger partial charge in [-0.25, -0.2) is 4.79 Å². The molecule has 6 nitrogen and oxygen atoms in total. The first kappa shape index (κ1) is 15.4. The fourth-order valence-electron chi connectivity index (χ4n) is 2.58. The largest absolute Gasteiger partial charge is 0.481 e. The fourth-order valence-corrected chi connectivity index (χ4v) is 2.58. The van der Waals surface area contributed by atoms with E-state index in [0.717, 1.165) is 37.4 Å². The number of hydrogen-bond acceptors (Lipinski definition) is 6. The van der Waals surface area contributed by atoms with E-state index in [1.54, 1.807) is 6.26 Å². The number of furan rings is 1. The molecule has 1 saturated heterocycles. The van der Waals surface area contributed by atoms with E-state index in [1.165, 1.54) is 7.11 Å². The van der Waals surface area contributed by atoms with E-state index in [-0.39, 0.29) is 6.61 Å². The van der Waals surface area contributed by atoms with Gasteiger partial charge in [-0.05, 0) is 24.3 Å². The van der Waals surface area contributed by atoms with Gasteiger partial charge < -0.3 is 24.1 Å². The third-order valence-electron chi connectivity index (χ3n) is 3.81. The highest BCUT2D eigenvalue weighted by molar-refractivity contribution is 5.73. The number of methoxy groups -OCH3 is 1. The van der Waals surface area contributed by atoms with E-state index in [4.69, 9.17) is 9.15 Å². The molecule has 0 aliphatic carbocycles. The summed E-state index contributed by atoms with van der Waals surface area (Å²) in [6.07, 6.45) is 1.61. The molecule has 1 aliphatic heterocycles. The zero-order valence-electron chi connectivity index (χ0n) is 13.1. The molecule has 6 heteroatoms. The van der Waals surface area contributed by atoms with Gasteiger partial charge >= 0.3 is 5.97 Å². The summed E-state index contributed by atoms with van der Waals surface area (Å²) in [5, 5.41) is 3.33. The van der Waals surface area contributed by atoms with Crippen molar-refractivity contribution in [1.82, 2.24) is 5.32 Å². The van der Waals surface area contributed by atoms with Crippen molar-refractivity contribution in [2.75, 3.05) is 44.8 Å². The highest BCUT2D eigenvalue weighted by atomic mass is 16.6. The van der Waals surface area contributed by atoms with Crippen LogP contribution in [-0.4, -0.2) is 45.9 Å². The second-order valence-corrected chi connectivity index (χ2v) is 5.26. The van der Waals surface area contributed by atoms with Gasteiger partial charge in [0.2, 0.25) is 0 Å². The zero-order chi connectivity index (χ0) is 16.1. The Bertz CT molecular complexity index is 649. The Kier molecular flexibility index (Phi) is 4.83. The lowest BCUT2D eigenvalue weighted by molar-refractivity contribution is -0.142. The predicted octanol–water partition coefficient (Wildman–Crippen LogP) is 1.91. The Hall–Kier alpha value is -2.47. The number of carbonyl (C=O) groups excluding carboxylic acids is 1. The van der Waals surface area contributed by atoms with E-state index in [0.29, 0.717) is 11.5 Å². The number of anilines is 1. The Morgan fingerprint density at radius 2 is 2.13 bits per heavy atom. The average Bonchev–Trinajstić information content (AvgIpc) is 3.14. The first-order chi connectivity index (χ1) is 11.3. The number of benzene rings is 1.